The number of hydrogen-bond acceptors (Lipinski definition) is 2. The summed E-state index contributed by atoms with van der Waals surface area (Å²) < 4.78 is 2.26. The summed E-state index contributed by atoms with van der Waals surface area (Å²) in [7, 11) is 0. The van der Waals surface area contributed by atoms with Crippen molar-refractivity contribution < 1.29 is 0 Å². The molecule has 0 spiro atoms. The third-order valence-corrected chi connectivity index (χ3v) is 4.20. The summed E-state index contributed by atoms with van der Waals surface area (Å²) in [6.07, 6.45) is 9.59. The van der Waals surface area contributed by atoms with Crippen LogP contribution in [0.4, 0.5) is 0 Å². The van der Waals surface area contributed by atoms with E-state index in [2.05, 4.69) is 16.7 Å². The smallest absolute Gasteiger partial charge is 0.0540 e. The molecule has 88 valence electrons. The first kappa shape index (κ1) is 10.3. The van der Waals surface area contributed by atoms with Crippen LogP contribution in [0, 0.1) is 5.92 Å². The first-order valence-corrected chi connectivity index (χ1v) is 6.59. The number of nitrogens with zero attached hydrogens (tertiary/aromatic N) is 2. The highest BCUT2D eigenvalue weighted by molar-refractivity contribution is 5.24. The normalized spacial score (nSPS) is 27.2. The summed E-state index contributed by atoms with van der Waals surface area (Å²) in [5, 5.41) is 4.59. The van der Waals surface area contributed by atoms with Crippen molar-refractivity contribution in [1.82, 2.24) is 9.78 Å². The van der Waals surface area contributed by atoms with Crippen molar-refractivity contribution in [3.8, 4) is 0 Å². The van der Waals surface area contributed by atoms with Crippen LogP contribution in [0.1, 0.15) is 62.4 Å². The second-order valence-electron chi connectivity index (χ2n) is 5.42. The third-order valence-electron chi connectivity index (χ3n) is 4.20. The Hall–Kier alpha value is -0.830. The molecule has 2 aliphatic rings. The van der Waals surface area contributed by atoms with Crippen molar-refractivity contribution in [2.24, 2.45) is 11.7 Å². The largest absolute Gasteiger partial charge is 0.324 e. The quantitative estimate of drug-likeness (QED) is 0.777. The van der Waals surface area contributed by atoms with Crippen LogP contribution >= 0.6 is 0 Å². The molecule has 2 unspecified atom stereocenters. The van der Waals surface area contributed by atoms with E-state index in [-0.39, 0.29) is 6.04 Å². The van der Waals surface area contributed by atoms with Crippen LogP contribution in [0.25, 0.3) is 0 Å². The van der Waals surface area contributed by atoms with Crippen molar-refractivity contribution in [1.29, 1.82) is 0 Å². The Morgan fingerprint density at radius 2 is 2.19 bits per heavy atom. The van der Waals surface area contributed by atoms with Gasteiger partial charge in [0.25, 0.3) is 0 Å². The molecule has 2 aliphatic carbocycles. The highest BCUT2D eigenvalue weighted by Gasteiger charge is 2.32. The highest BCUT2D eigenvalue weighted by Crippen LogP contribution is 2.40. The van der Waals surface area contributed by atoms with Gasteiger partial charge in [-0.25, -0.2) is 0 Å². The van der Waals surface area contributed by atoms with Crippen molar-refractivity contribution in [3.63, 3.8) is 0 Å². The number of aromatic nitrogens is 2. The summed E-state index contributed by atoms with van der Waals surface area (Å²) in [5.74, 6) is 0.864. The lowest BCUT2D eigenvalue weighted by molar-refractivity contribution is 0.423. The monoisotopic (exact) mass is 219 g/mol. The molecule has 1 aromatic heterocycles. The minimum absolute atomic E-state index is 0.220. The maximum absolute atomic E-state index is 6.20. The molecule has 1 aromatic rings. The zero-order valence-corrected chi connectivity index (χ0v) is 10.0. The van der Waals surface area contributed by atoms with Gasteiger partial charge in [-0.15, -0.1) is 0 Å². The molecule has 1 saturated carbocycles. The average Bonchev–Trinajstić information content (AvgIpc) is 3.05. The van der Waals surface area contributed by atoms with Gasteiger partial charge < -0.3 is 5.73 Å². The van der Waals surface area contributed by atoms with Crippen LogP contribution < -0.4 is 5.73 Å². The second-order valence-corrected chi connectivity index (χ2v) is 5.42. The van der Waals surface area contributed by atoms with Crippen LogP contribution in [0.2, 0.25) is 0 Å². The second kappa shape index (κ2) is 3.88. The Kier molecular flexibility index (Phi) is 2.51. The van der Waals surface area contributed by atoms with Gasteiger partial charge in [-0.3, -0.25) is 4.68 Å². The molecule has 3 rings (SSSR count). The molecule has 0 bridgehead atoms. The molecule has 2 N–H and O–H groups in total. The molecule has 0 aliphatic heterocycles. The lowest BCUT2D eigenvalue weighted by atomic mass is 10.1. The predicted molar refractivity (Wildman–Crippen MR) is 64.1 cm³/mol. The average molecular weight is 219 g/mol. The third kappa shape index (κ3) is 1.67. The van der Waals surface area contributed by atoms with E-state index in [1.54, 1.807) is 0 Å². The fourth-order valence-electron chi connectivity index (χ4n) is 2.91. The maximum atomic E-state index is 6.20. The molecular formula is C13H21N3. The highest BCUT2D eigenvalue weighted by atomic mass is 15.3. The van der Waals surface area contributed by atoms with Gasteiger partial charge in [-0.05, 0) is 44.9 Å². The molecule has 1 fully saturated rings. The minimum Gasteiger partial charge on any atom is -0.324 e. The lowest BCUT2D eigenvalue weighted by Crippen LogP contribution is -2.14. The standard InChI is InChI=1S/C13H21N3/c1-9(10-6-7-10)16-13-5-3-2-4-12(14)11(13)8-15-16/h8-10,12H,2-7,14H2,1H3. The van der Waals surface area contributed by atoms with E-state index in [0.717, 1.165) is 12.3 Å². The van der Waals surface area contributed by atoms with E-state index in [0.29, 0.717) is 6.04 Å². The van der Waals surface area contributed by atoms with Crippen LogP contribution in [-0.2, 0) is 6.42 Å². The van der Waals surface area contributed by atoms with Crippen molar-refractivity contribution in [2.45, 2.75) is 57.5 Å². The Balaban J connectivity index is 1.94. The molecule has 0 amide bonds. The van der Waals surface area contributed by atoms with Crippen LogP contribution in [0.15, 0.2) is 6.20 Å². The zero-order valence-electron chi connectivity index (χ0n) is 10.0. The SMILES string of the molecule is CC(C1CC1)n1ncc2c1CCCCC2N. The zero-order chi connectivity index (χ0) is 11.1. The first-order valence-electron chi connectivity index (χ1n) is 6.59. The van der Waals surface area contributed by atoms with Crippen LogP contribution in [0.5, 0.6) is 0 Å². The molecule has 3 heteroatoms. The minimum atomic E-state index is 0.220. The summed E-state index contributed by atoms with van der Waals surface area (Å²) in [6, 6.07) is 0.798. The summed E-state index contributed by atoms with van der Waals surface area (Å²) in [5.41, 5.74) is 8.93. The molecule has 3 nitrogen and oxygen atoms in total. The van der Waals surface area contributed by atoms with E-state index in [9.17, 15) is 0 Å². The summed E-state index contributed by atoms with van der Waals surface area (Å²) >= 11 is 0. The van der Waals surface area contributed by atoms with Gasteiger partial charge in [0.2, 0.25) is 0 Å². The predicted octanol–water partition coefficient (Wildman–Crippen LogP) is 2.58. The van der Waals surface area contributed by atoms with E-state index >= 15 is 0 Å². The van der Waals surface area contributed by atoms with E-state index in [1.165, 1.54) is 43.4 Å². The first-order chi connectivity index (χ1) is 7.77. The Bertz CT molecular complexity index is 379. The van der Waals surface area contributed by atoms with Gasteiger partial charge in [0.1, 0.15) is 0 Å². The van der Waals surface area contributed by atoms with Crippen LogP contribution in [-0.4, -0.2) is 9.78 Å². The van der Waals surface area contributed by atoms with Gasteiger partial charge >= 0.3 is 0 Å². The number of nitrogens with two attached hydrogens (primary N) is 1. The summed E-state index contributed by atoms with van der Waals surface area (Å²) in [4.78, 5) is 0. The lowest BCUT2D eigenvalue weighted by Gasteiger charge is -2.15. The van der Waals surface area contributed by atoms with Crippen molar-refractivity contribution in [2.75, 3.05) is 0 Å². The maximum Gasteiger partial charge on any atom is 0.0540 e. The van der Waals surface area contributed by atoms with E-state index in [4.69, 9.17) is 5.73 Å². The Morgan fingerprint density at radius 1 is 1.38 bits per heavy atom. The molecule has 0 aromatic carbocycles. The molecule has 0 saturated heterocycles. The summed E-state index contributed by atoms with van der Waals surface area (Å²) in [6.45, 7) is 2.31. The fourth-order valence-corrected chi connectivity index (χ4v) is 2.91. The van der Waals surface area contributed by atoms with E-state index < -0.39 is 0 Å². The molecule has 2 atom stereocenters. The Labute approximate surface area is 97.0 Å². The molecular weight excluding hydrogens is 198 g/mol. The molecule has 0 radical (unpaired) electrons. The van der Waals surface area contributed by atoms with Gasteiger partial charge in [0.15, 0.2) is 0 Å². The van der Waals surface area contributed by atoms with Gasteiger partial charge in [0.05, 0.1) is 12.2 Å². The molecule has 1 heterocycles. The van der Waals surface area contributed by atoms with Crippen molar-refractivity contribution in [3.05, 3.63) is 17.5 Å². The number of rotatable bonds is 2. The number of fused-ring (bicyclic) bond motifs is 1. The number of hydrogen-bond donors (Lipinski definition) is 1. The Morgan fingerprint density at radius 3 is 2.94 bits per heavy atom. The van der Waals surface area contributed by atoms with Gasteiger partial charge in [-0.2, -0.15) is 5.10 Å². The van der Waals surface area contributed by atoms with Gasteiger partial charge in [0, 0.05) is 17.3 Å². The van der Waals surface area contributed by atoms with Crippen molar-refractivity contribution >= 4 is 0 Å². The topological polar surface area (TPSA) is 43.8 Å². The molecule has 16 heavy (non-hydrogen) atoms. The fraction of sp³-hybridized carbons (Fsp3) is 0.769. The van der Waals surface area contributed by atoms with Crippen LogP contribution in [0.3, 0.4) is 0 Å². The van der Waals surface area contributed by atoms with Gasteiger partial charge in [-0.1, -0.05) is 6.42 Å². The van der Waals surface area contributed by atoms with E-state index in [1.807, 2.05) is 6.20 Å².